The third-order valence-corrected chi connectivity index (χ3v) is 12.2. The zero-order chi connectivity index (χ0) is 41.2. The van der Waals surface area contributed by atoms with E-state index in [1.165, 1.54) is 64.2 Å². The van der Waals surface area contributed by atoms with Gasteiger partial charge in [0.15, 0.2) is 6.29 Å². The van der Waals surface area contributed by atoms with Gasteiger partial charge >= 0.3 is 0 Å². The zero-order valence-corrected chi connectivity index (χ0v) is 36.7. The van der Waals surface area contributed by atoms with Gasteiger partial charge in [-0.1, -0.05) is 203 Å². The minimum absolute atomic E-state index is 0.0409. The predicted molar refractivity (Wildman–Crippen MR) is 236 cm³/mol. The lowest BCUT2D eigenvalue weighted by molar-refractivity contribution is -0.262. The molecule has 7 nitrogen and oxygen atoms in total. The van der Waals surface area contributed by atoms with Crippen molar-refractivity contribution >= 4 is 5.91 Å². The van der Waals surface area contributed by atoms with Crippen molar-refractivity contribution < 1.29 is 28.5 Å². The van der Waals surface area contributed by atoms with Crippen LogP contribution in [0.2, 0.25) is 0 Å². The fourth-order valence-corrected chi connectivity index (χ4v) is 8.02. The van der Waals surface area contributed by atoms with Gasteiger partial charge in [-0.2, -0.15) is 0 Å². The van der Waals surface area contributed by atoms with Gasteiger partial charge in [0.1, 0.15) is 6.10 Å². The molecule has 1 aliphatic heterocycles. The molecule has 4 rings (SSSR count). The largest absolute Gasteiger partial charge is 0.374 e. The number of rotatable bonds is 30. The summed E-state index contributed by atoms with van der Waals surface area (Å²) in [6.45, 7) is 13.0. The topological polar surface area (TPSA) is 75.2 Å². The molecule has 0 aliphatic carbocycles. The Morgan fingerprint density at radius 3 is 1.66 bits per heavy atom. The van der Waals surface area contributed by atoms with Gasteiger partial charge in [0.25, 0.3) is 0 Å². The van der Waals surface area contributed by atoms with Crippen LogP contribution in [-0.4, -0.2) is 49.8 Å². The van der Waals surface area contributed by atoms with Crippen LogP contribution in [0.3, 0.4) is 0 Å². The summed E-state index contributed by atoms with van der Waals surface area (Å²) >= 11 is 0. The number of hydrogen-bond donors (Lipinski definition) is 1. The summed E-state index contributed by atoms with van der Waals surface area (Å²) in [5.74, 6) is 0.763. The zero-order valence-electron chi connectivity index (χ0n) is 36.7. The molecule has 58 heavy (non-hydrogen) atoms. The molecule has 1 N–H and O–H groups in total. The average molecular weight is 800 g/mol. The summed E-state index contributed by atoms with van der Waals surface area (Å²) in [4.78, 5) is 13.3. The van der Waals surface area contributed by atoms with Gasteiger partial charge in [-0.25, -0.2) is 0 Å². The Bertz CT molecular complexity index is 1460. The molecule has 1 heterocycles. The molecule has 0 radical (unpaired) electrons. The SMILES string of the molecule is CCCCCCCCCCCCCC[C@@H](OCc1ccccc1)[C@@H](OCc1ccccc1)[C@H](CO[C@H]1OC(COCc2ccccc2)[C@H](C)[C@H](C)C1C)NC(=O)CC. The van der Waals surface area contributed by atoms with E-state index in [0.717, 1.165) is 36.0 Å². The first-order valence-corrected chi connectivity index (χ1v) is 22.9. The van der Waals surface area contributed by atoms with Gasteiger partial charge in [0.05, 0.1) is 51.3 Å². The van der Waals surface area contributed by atoms with Crippen molar-refractivity contribution in [2.45, 2.75) is 175 Å². The minimum Gasteiger partial charge on any atom is -0.374 e. The van der Waals surface area contributed by atoms with Crippen molar-refractivity contribution in [3.63, 3.8) is 0 Å². The maximum atomic E-state index is 13.3. The summed E-state index contributed by atoms with van der Waals surface area (Å²) in [6.07, 6.45) is 15.4. The third kappa shape index (κ3) is 17.6. The van der Waals surface area contributed by atoms with Crippen molar-refractivity contribution in [1.29, 1.82) is 0 Å². The Balaban J connectivity index is 1.46. The van der Waals surface area contributed by atoms with Gasteiger partial charge < -0.3 is 29.0 Å². The lowest BCUT2D eigenvalue weighted by Gasteiger charge is -2.44. The Kier molecular flexibility index (Phi) is 23.3. The molecule has 7 heteroatoms. The molecule has 2 unspecified atom stereocenters. The van der Waals surface area contributed by atoms with E-state index in [0.29, 0.717) is 44.7 Å². The quantitative estimate of drug-likeness (QED) is 0.0677. The highest BCUT2D eigenvalue weighted by Gasteiger charge is 2.41. The Labute approximate surface area is 352 Å². The summed E-state index contributed by atoms with van der Waals surface area (Å²) in [5.41, 5.74) is 3.33. The molecule has 1 aliphatic rings. The number of carbonyl (C=O) groups is 1. The van der Waals surface area contributed by atoms with Crippen molar-refractivity contribution in [3.8, 4) is 0 Å². The number of unbranched alkanes of at least 4 members (excludes halogenated alkanes) is 11. The smallest absolute Gasteiger partial charge is 0.220 e. The van der Waals surface area contributed by atoms with Crippen LogP contribution in [-0.2, 0) is 48.3 Å². The Morgan fingerprint density at radius 1 is 0.621 bits per heavy atom. The van der Waals surface area contributed by atoms with Crippen LogP contribution >= 0.6 is 0 Å². The van der Waals surface area contributed by atoms with Crippen molar-refractivity contribution in [2.24, 2.45) is 17.8 Å². The molecule has 1 saturated heterocycles. The lowest BCUT2D eigenvalue weighted by Crippen LogP contribution is -2.54. The second-order valence-corrected chi connectivity index (χ2v) is 16.8. The molecule has 0 bridgehead atoms. The molecule has 1 amide bonds. The molecule has 0 aromatic heterocycles. The highest BCUT2D eigenvalue weighted by atomic mass is 16.7. The monoisotopic (exact) mass is 800 g/mol. The number of carbonyl (C=O) groups excluding carboxylic acids is 1. The fourth-order valence-electron chi connectivity index (χ4n) is 8.02. The maximum absolute atomic E-state index is 13.3. The molecule has 1 fully saturated rings. The average Bonchev–Trinajstić information content (AvgIpc) is 3.25. The number of benzene rings is 3. The summed E-state index contributed by atoms with van der Waals surface area (Å²) in [7, 11) is 0. The first kappa shape index (κ1) is 47.6. The normalized spacial score (nSPS) is 21.0. The van der Waals surface area contributed by atoms with Crippen molar-refractivity contribution in [3.05, 3.63) is 108 Å². The van der Waals surface area contributed by atoms with E-state index in [9.17, 15) is 4.79 Å². The van der Waals surface area contributed by atoms with Crippen molar-refractivity contribution in [1.82, 2.24) is 5.32 Å². The standard InChI is InChI=1S/C51H77NO6/c1-6-8-9-10-11-12-13-14-15-16-17-27-34-47(55-36-44-30-23-19-24-31-44)50(56-37-45-32-25-20-26-33-45)46(52-49(53)7-2)38-57-51-42(5)40(3)41(4)48(58-51)39-54-35-43-28-21-18-22-29-43/h18-26,28-33,40-42,46-48,50-51H,6-17,27,34-39H2,1-5H3,(H,52,53)/t40-,41+,42?,46-,47+,48?,50-,51-/m0/s1. The molecule has 8 atom stereocenters. The first-order valence-electron chi connectivity index (χ1n) is 22.9. The van der Waals surface area contributed by atoms with Crippen LogP contribution in [0.25, 0.3) is 0 Å². The summed E-state index contributed by atoms with van der Waals surface area (Å²) in [6, 6.07) is 30.4. The molecular weight excluding hydrogens is 723 g/mol. The second-order valence-electron chi connectivity index (χ2n) is 16.8. The van der Waals surface area contributed by atoms with E-state index in [1.807, 2.05) is 61.5 Å². The maximum Gasteiger partial charge on any atom is 0.220 e. The molecule has 3 aromatic carbocycles. The highest BCUT2D eigenvalue weighted by molar-refractivity contribution is 5.75. The van der Waals surface area contributed by atoms with Gasteiger partial charge in [-0.3, -0.25) is 4.79 Å². The molecule has 3 aromatic rings. The van der Waals surface area contributed by atoms with Crippen LogP contribution in [0.1, 0.15) is 141 Å². The predicted octanol–water partition coefficient (Wildman–Crippen LogP) is 12.0. The van der Waals surface area contributed by atoms with E-state index in [1.54, 1.807) is 0 Å². The van der Waals surface area contributed by atoms with Crippen LogP contribution < -0.4 is 5.32 Å². The van der Waals surface area contributed by atoms with Gasteiger partial charge in [0, 0.05) is 12.3 Å². The number of ether oxygens (including phenoxy) is 5. The third-order valence-electron chi connectivity index (χ3n) is 12.2. The fraction of sp³-hybridized carbons (Fsp3) is 0.627. The van der Waals surface area contributed by atoms with E-state index >= 15 is 0 Å². The van der Waals surface area contributed by atoms with E-state index < -0.39 is 18.4 Å². The first-order chi connectivity index (χ1) is 28.4. The van der Waals surface area contributed by atoms with Gasteiger partial charge in [0.2, 0.25) is 5.91 Å². The van der Waals surface area contributed by atoms with Gasteiger partial charge in [-0.05, 0) is 34.9 Å². The summed E-state index contributed by atoms with van der Waals surface area (Å²) in [5, 5.41) is 3.32. The Morgan fingerprint density at radius 2 is 1.12 bits per heavy atom. The molecular formula is C51H77NO6. The van der Waals surface area contributed by atoms with Crippen LogP contribution in [0.15, 0.2) is 91.0 Å². The summed E-state index contributed by atoms with van der Waals surface area (Å²) < 4.78 is 33.3. The number of amides is 1. The van der Waals surface area contributed by atoms with Crippen LogP contribution in [0.5, 0.6) is 0 Å². The Hall–Kier alpha value is -3.07. The van der Waals surface area contributed by atoms with Gasteiger partial charge in [-0.15, -0.1) is 0 Å². The van der Waals surface area contributed by atoms with Crippen molar-refractivity contribution in [2.75, 3.05) is 13.2 Å². The van der Waals surface area contributed by atoms with Crippen LogP contribution in [0, 0.1) is 17.8 Å². The van der Waals surface area contributed by atoms with Crippen LogP contribution in [0.4, 0.5) is 0 Å². The number of nitrogens with one attached hydrogen (secondary N) is 1. The lowest BCUT2D eigenvalue weighted by atomic mass is 9.79. The highest BCUT2D eigenvalue weighted by Crippen LogP contribution is 2.36. The molecule has 0 spiro atoms. The van der Waals surface area contributed by atoms with E-state index in [2.05, 4.69) is 69.4 Å². The van der Waals surface area contributed by atoms with E-state index in [4.69, 9.17) is 23.7 Å². The van der Waals surface area contributed by atoms with E-state index in [-0.39, 0.29) is 30.6 Å². The minimum atomic E-state index is -0.452. The second kappa shape index (κ2) is 28.4. The molecule has 322 valence electrons. The number of hydrogen-bond acceptors (Lipinski definition) is 6. The molecule has 0 saturated carbocycles.